The summed E-state index contributed by atoms with van der Waals surface area (Å²) < 4.78 is 6.47. The number of hydrogen-bond acceptors (Lipinski definition) is 4. The maximum Gasteiger partial charge on any atom is 0.296 e. The van der Waals surface area contributed by atoms with E-state index in [0.29, 0.717) is 11.3 Å². The maximum atomic E-state index is 11.7. The number of fused-ring (bicyclic) bond motifs is 1. The molecule has 3 rings (SSSR count). The summed E-state index contributed by atoms with van der Waals surface area (Å²) in [6.07, 6.45) is 1.12. The Hall–Kier alpha value is -1.40. The number of halogens is 1. The summed E-state index contributed by atoms with van der Waals surface area (Å²) >= 11 is 3.50. The Morgan fingerprint density at radius 2 is 2.20 bits per heavy atom. The molecule has 0 spiro atoms. The smallest absolute Gasteiger partial charge is 0.296 e. The van der Waals surface area contributed by atoms with Crippen LogP contribution in [-0.4, -0.2) is 37.5 Å². The van der Waals surface area contributed by atoms with Gasteiger partial charge in [-0.2, -0.15) is 0 Å². The number of hydrogen-bond donors (Lipinski definition) is 1. The van der Waals surface area contributed by atoms with Crippen LogP contribution in [0.2, 0.25) is 0 Å². The SMILES string of the molecule is CC1CN(c2cc3c(cc2Br)C(=O)C(=O)N3)CCCO1. The van der Waals surface area contributed by atoms with Gasteiger partial charge in [-0.1, -0.05) is 0 Å². The Balaban J connectivity index is 1.97. The van der Waals surface area contributed by atoms with Gasteiger partial charge in [0.1, 0.15) is 0 Å². The van der Waals surface area contributed by atoms with E-state index in [1.54, 1.807) is 6.07 Å². The lowest BCUT2D eigenvalue weighted by molar-refractivity contribution is -0.112. The predicted molar refractivity (Wildman–Crippen MR) is 79.3 cm³/mol. The molecule has 2 heterocycles. The van der Waals surface area contributed by atoms with Crippen LogP contribution in [0.1, 0.15) is 23.7 Å². The second-order valence-corrected chi connectivity index (χ2v) is 5.97. The molecule has 0 saturated carbocycles. The zero-order valence-corrected chi connectivity index (χ0v) is 12.7. The van der Waals surface area contributed by atoms with Crippen molar-refractivity contribution in [1.82, 2.24) is 0 Å². The first-order valence-corrected chi connectivity index (χ1v) is 7.41. The van der Waals surface area contributed by atoms with E-state index in [4.69, 9.17) is 4.74 Å². The fraction of sp³-hybridized carbons (Fsp3) is 0.429. The van der Waals surface area contributed by atoms with Crippen molar-refractivity contribution in [2.24, 2.45) is 0 Å². The van der Waals surface area contributed by atoms with E-state index in [2.05, 4.69) is 26.1 Å². The summed E-state index contributed by atoms with van der Waals surface area (Å²) in [7, 11) is 0. The number of Topliss-reactive ketones (excluding diaryl/α,β-unsaturated/α-hetero) is 1. The molecule has 1 unspecified atom stereocenters. The Bertz CT molecular complexity index is 588. The largest absolute Gasteiger partial charge is 0.377 e. The molecule has 1 N–H and O–H groups in total. The van der Waals surface area contributed by atoms with Gasteiger partial charge in [-0.25, -0.2) is 0 Å². The van der Waals surface area contributed by atoms with Crippen molar-refractivity contribution in [1.29, 1.82) is 0 Å². The molecular formula is C14H15BrN2O3. The first-order chi connectivity index (χ1) is 9.56. The molecule has 0 aliphatic carbocycles. The quantitative estimate of drug-likeness (QED) is 0.797. The zero-order valence-electron chi connectivity index (χ0n) is 11.1. The van der Waals surface area contributed by atoms with E-state index < -0.39 is 11.7 Å². The van der Waals surface area contributed by atoms with Crippen LogP contribution in [0.3, 0.4) is 0 Å². The van der Waals surface area contributed by atoms with Gasteiger partial charge in [-0.05, 0) is 41.4 Å². The minimum absolute atomic E-state index is 0.161. The van der Waals surface area contributed by atoms with Crippen LogP contribution in [0.15, 0.2) is 16.6 Å². The van der Waals surface area contributed by atoms with Crippen molar-refractivity contribution >= 4 is 39.0 Å². The normalized spacial score (nSPS) is 22.5. The molecular weight excluding hydrogens is 324 g/mol. The number of rotatable bonds is 1. The van der Waals surface area contributed by atoms with Gasteiger partial charge >= 0.3 is 0 Å². The number of carbonyl (C=O) groups excluding carboxylic acids is 2. The molecule has 1 amide bonds. The van der Waals surface area contributed by atoms with Gasteiger partial charge in [0.25, 0.3) is 11.7 Å². The van der Waals surface area contributed by atoms with Crippen molar-refractivity contribution in [2.75, 3.05) is 29.9 Å². The number of ether oxygens (including phenoxy) is 1. The molecule has 0 aromatic heterocycles. The summed E-state index contributed by atoms with van der Waals surface area (Å²) in [6.45, 7) is 4.49. The molecule has 1 atom stereocenters. The third-order valence-corrected chi connectivity index (χ3v) is 4.21. The van der Waals surface area contributed by atoms with Gasteiger partial charge in [-0.15, -0.1) is 0 Å². The van der Waals surface area contributed by atoms with E-state index >= 15 is 0 Å². The Kier molecular flexibility index (Phi) is 3.52. The third kappa shape index (κ3) is 2.33. The van der Waals surface area contributed by atoms with E-state index in [9.17, 15) is 9.59 Å². The lowest BCUT2D eigenvalue weighted by Crippen LogP contribution is -2.30. The summed E-state index contributed by atoms with van der Waals surface area (Å²) in [5.41, 5.74) is 2.01. The van der Waals surface area contributed by atoms with Crippen molar-refractivity contribution in [2.45, 2.75) is 19.4 Å². The van der Waals surface area contributed by atoms with Gasteiger partial charge in [0.2, 0.25) is 0 Å². The Labute approximate surface area is 125 Å². The molecule has 0 radical (unpaired) electrons. The molecule has 1 saturated heterocycles. The van der Waals surface area contributed by atoms with Crippen molar-refractivity contribution < 1.29 is 14.3 Å². The van der Waals surface area contributed by atoms with Crippen molar-refractivity contribution in [3.05, 3.63) is 22.2 Å². The highest BCUT2D eigenvalue weighted by Crippen LogP contribution is 2.35. The minimum atomic E-state index is -0.559. The fourth-order valence-corrected chi connectivity index (χ4v) is 3.20. The molecule has 1 aromatic rings. The number of nitrogens with one attached hydrogen (secondary N) is 1. The van der Waals surface area contributed by atoms with Crippen molar-refractivity contribution in [3.63, 3.8) is 0 Å². The van der Waals surface area contributed by atoms with E-state index in [1.807, 2.05) is 13.0 Å². The number of anilines is 2. The van der Waals surface area contributed by atoms with Crippen molar-refractivity contribution in [3.8, 4) is 0 Å². The molecule has 2 aliphatic heterocycles. The number of nitrogens with zero attached hydrogens (tertiary/aromatic N) is 1. The van der Waals surface area contributed by atoms with Gasteiger partial charge in [0.15, 0.2) is 0 Å². The molecule has 5 nitrogen and oxygen atoms in total. The zero-order chi connectivity index (χ0) is 14.3. The molecule has 6 heteroatoms. The first-order valence-electron chi connectivity index (χ1n) is 6.62. The molecule has 1 aromatic carbocycles. The molecule has 0 bridgehead atoms. The van der Waals surface area contributed by atoms with Gasteiger partial charge < -0.3 is 15.0 Å². The van der Waals surface area contributed by atoms with Crippen LogP contribution in [0.5, 0.6) is 0 Å². The van der Waals surface area contributed by atoms with E-state index in [-0.39, 0.29) is 6.10 Å². The standard InChI is InChI=1S/C14H15BrN2O3/c1-8-7-17(3-2-4-20-8)12-6-11-9(5-10(12)15)13(18)14(19)16-11/h5-6,8H,2-4,7H2,1H3,(H,16,18,19). The third-order valence-electron chi connectivity index (χ3n) is 3.58. The predicted octanol–water partition coefficient (Wildman–Crippen LogP) is 2.20. The number of ketones is 1. The van der Waals surface area contributed by atoms with E-state index in [0.717, 1.165) is 36.3 Å². The van der Waals surface area contributed by atoms with Gasteiger partial charge in [0.05, 0.1) is 23.0 Å². The topological polar surface area (TPSA) is 58.6 Å². The number of benzene rings is 1. The van der Waals surface area contributed by atoms with Gasteiger partial charge in [-0.3, -0.25) is 9.59 Å². The molecule has 20 heavy (non-hydrogen) atoms. The second-order valence-electron chi connectivity index (χ2n) is 5.11. The van der Waals surface area contributed by atoms with Crippen LogP contribution >= 0.6 is 15.9 Å². The Morgan fingerprint density at radius 3 is 3.00 bits per heavy atom. The average Bonchev–Trinajstić information content (AvgIpc) is 2.59. The molecule has 1 fully saturated rings. The maximum absolute atomic E-state index is 11.7. The number of carbonyl (C=O) groups is 2. The fourth-order valence-electron chi connectivity index (χ4n) is 2.61. The Morgan fingerprint density at radius 1 is 1.40 bits per heavy atom. The monoisotopic (exact) mass is 338 g/mol. The molecule has 2 aliphatic rings. The summed E-state index contributed by atoms with van der Waals surface area (Å²) in [5, 5.41) is 2.61. The van der Waals surface area contributed by atoms with Crippen LogP contribution in [0.25, 0.3) is 0 Å². The van der Waals surface area contributed by atoms with Crippen LogP contribution in [-0.2, 0) is 9.53 Å². The average molecular weight is 339 g/mol. The summed E-state index contributed by atoms with van der Waals surface area (Å²) in [6, 6.07) is 3.58. The lowest BCUT2D eigenvalue weighted by Gasteiger charge is -2.26. The highest BCUT2D eigenvalue weighted by Gasteiger charge is 2.30. The van der Waals surface area contributed by atoms with Crippen LogP contribution in [0, 0.1) is 0 Å². The van der Waals surface area contributed by atoms with E-state index in [1.165, 1.54) is 0 Å². The van der Waals surface area contributed by atoms with Crippen LogP contribution < -0.4 is 10.2 Å². The highest BCUT2D eigenvalue weighted by molar-refractivity contribution is 9.10. The highest BCUT2D eigenvalue weighted by atomic mass is 79.9. The molecule has 106 valence electrons. The first kappa shape index (κ1) is 13.6. The lowest BCUT2D eigenvalue weighted by atomic mass is 10.1. The second kappa shape index (κ2) is 5.18. The minimum Gasteiger partial charge on any atom is -0.377 e. The van der Waals surface area contributed by atoms with Gasteiger partial charge in [0, 0.05) is 24.2 Å². The van der Waals surface area contributed by atoms with Crippen LogP contribution in [0.4, 0.5) is 11.4 Å². The summed E-state index contributed by atoms with van der Waals surface area (Å²) in [5.74, 6) is -1.03. The number of amides is 1. The summed E-state index contributed by atoms with van der Waals surface area (Å²) in [4.78, 5) is 25.3.